The van der Waals surface area contributed by atoms with Crippen molar-refractivity contribution in [1.29, 1.82) is 0 Å². The average Bonchev–Trinajstić information content (AvgIpc) is 2.84. The van der Waals surface area contributed by atoms with Crippen molar-refractivity contribution in [2.45, 2.75) is 51.0 Å². The van der Waals surface area contributed by atoms with Crippen molar-refractivity contribution in [3.63, 3.8) is 0 Å². The molecule has 3 saturated heterocycles. The van der Waals surface area contributed by atoms with Gasteiger partial charge in [0.05, 0.1) is 0 Å². The Morgan fingerprint density at radius 3 is 2.55 bits per heavy atom. The van der Waals surface area contributed by atoms with E-state index in [4.69, 9.17) is 9.73 Å². The lowest BCUT2D eigenvalue weighted by molar-refractivity contribution is -0.104. The number of aliphatic imine (C=N–C) groups is 1. The van der Waals surface area contributed by atoms with Crippen LogP contribution in [-0.4, -0.2) is 36.5 Å². The third-order valence-corrected chi connectivity index (χ3v) is 6.15. The first kappa shape index (κ1) is 11.8. The number of ether oxygens (including phenoxy) is 1. The number of piperidine rings is 3. The molecule has 108 valence electrons. The van der Waals surface area contributed by atoms with E-state index < -0.39 is 0 Å². The molecule has 0 aromatic heterocycles. The summed E-state index contributed by atoms with van der Waals surface area (Å²) in [5, 5.41) is 0. The molecule has 4 fully saturated rings. The van der Waals surface area contributed by atoms with Gasteiger partial charge in [-0.3, -0.25) is 0 Å². The van der Waals surface area contributed by atoms with Crippen LogP contribution in [0.25, 0.3) is 0 Å². The molecule has 0 aromatic carbocycles. The number of rotatable bonds is 1. The molecule has 5 atom stereocenters. The Hall–Kier alpha value is -0.830. The first-order chi connectivity index (χ1) is 9.85. The number of hydrogen-bond donors (Lipinski definition) is 0. The molecule has 3 heteroatoms. The Morgan fingerprint density at radius 1 is 1.00 bits per heavy atom. The van der Waals surface area contributed by atoms with Crippen LogP contribution < -0.4 is 0 Å². The van der Waals surface area contributed by atoms with Crippen LogP contribution in [0, 0.1) is 17.8 Å². The van der Waals surface area contributed by atoms with E-state index in [9.17, 15) is 0 Å². The fourth-order valence-electron chi connectivity index (χ4n) is 5.43. The summed E-state index contributed by atoms with van der Waals surface area (Å²) in [5.41, 5.74) is 2.96. The van der Waals surface area contributed by atoms with Gasteiger partial charge < -0.3 is 9.64 Å². The van der Waals surface area contributed by atoms with Crippen molar-refractivity contribution in [2.24, 2.45) is 22.7 Å². The summed E-state index contributed by atoms with van der Waals surface area (Å²) >= 11 is 0. The van der Waals surface area contributed by atoms with Gasteiger partial charge in [0.1, 0.15) is 6.10 Å². The van der Waals surface area contributed by atoms with Crippen LogP contribution in [0.3, 0.4) is 0 Å². The van der Waals surface area contributed by atoms with Crippen molar-refractivity contribution in [2.75, 3.05) is 19.6 Å². The third kappa shape index (κ3) is 1.78. The van der Waals surface area contributed by atoms with E-state index in [1.54, 1.807) is 5.57 Å². The zero-order valence-electron chi connectivity index (χ0n) is 12.2. The molecule has 4 bridgehead atoms. The largest absolute Gasteiger partial charge is 0.476 e. The Morgan fingerprint density at radius 2 is 1.80 bits per heavy atom. The van der Waals surface area contributed by atoms with E-state index >= 15 is 0 Å². The first-order valence-electron chi connectivity index (χ1n) is 8.52. The second-order valence-electron chi connectivity index (χ2n) is 7.60. The summed E-state index contributed by atoms with van der Waals surface area (Å²) < 4.78 is 6.46. The fraction of sp³-hybridized carbons (Fsp3) is 0.824. The van der Waals surface area contributed by atoms with Crippen molar-refractivity contribution in [1.82, 2.24) is 4.90 Å². The van der Waals surface area contributed by atoms with Gasteiger partial charge in [0.15, 0.2) is 5.90 Å². The smallest absolute Gasteiger partial charge is 0.192 e. The molecular formula is C17H24N2O. The van der Waals surface area contributed by atoms with Gasteiger partial charge in [-0.25, -0.2) is 4.99 Å². The summed E-state index contributed by atoms with van der Waals surface area (Å²) in [5.74, 6) is 3.58. The fourth-order valence-corrected chi connectivity index (χ4v) is 5.43. The Bertz CT molecular complexity index is 465. The van der Waals surface area contributed by atoms with Gasteiger partial charge in [-0.2, -0.15) is 0 Å². The van der Waals surface area contributed by atoms with Gasteiger partial charge >= 0.3 is 0 Å². The molecule has 0 aromatic rings. The Labute approximate surface area is 121 Å². The summed E-state index contributed by atoms with van der Waals surface area (Å²) in [6, 6.07) is 0. The highest BCUT2D eigenvalue weighted by Gasteiger charge is 2.49. The van der Waals surface area contributed by atoms with Crippen LogP contribution in [0.15, 0.2) is 16.3 Å². The molecule has 0 N–H and O–H groups in total. The highest BCUT2D eigenvalue weighted by Crippen LogP contribution is 2.45. The molecule has 4 unspecified atom stereocenters. The van der Waals surface area contributed by atoms with Crippen LogP contribution in [-0.2, 0) is 4.74 Å². The van der Waals surface area contributed by atoms with Gasteiger partial charge in [0, 0.05) is 43.6 Å². The monoisotopic (exact) mass is 272 g/mol. The average molecular weight is 272 g/mol. The highest BCUT2D eigenvalue weighted by atomic mass is 16.5. The Kier molecular flexibility index (Phi) is 2.55. The summed E-state index contributed by atoms with van der Waals surface area (Å²) in [6.07, 6.45) is 9.43. The van der Waals surface area contributed by atoms with Crippen LogP contribution in [0.1, 0.15) is 44.9 Å². The molecule has 2 aliphatic carbocycles. The lowest BCUT2D eigenvalue weighted by Crippen LogP contribution is -2.60. The van der Waals surface area contributed by atoms with Gasteiger partial charge in [0.25, 0.3) is 0 Å². The minimum Gasteiger partial charge on any atom is -0.476 e. The molecule has 3 nitrogen and oxygen atoms in total. The number of nitrogens with zero attached hydrogens (tertiary/aromatic N) is 2. The van der Waals surface area contributed by atoms with Crippen LogP contribution in [0.5, 0.6) is 0 Å². The number of allylic oxidation sites excluding steroid dienone is 1. The van der Waals surface area contributed by atoms with Gasteiger partial charge in [-0.1, -0.05) is 0 Å². The zero-order valence-corrected chi connectivity index (χ0v) is 12.2. The van der Waals surface area contributed by atoms with E-state index in [1.165, 1.54) is 63.9 Å². The summed E-state index contributed by atoms with van der Waals surface area (Å²) in [6.45, 7) is 3.91. The molecule has 0 amide bonds. The lowest BCUT2D eigenvalue weighted by Gasteiger charge is -2.55. The molecule has 1 saturated carbocycles. The second kappa shape index (κ2) is 4.33. The lowest BCUT2D eigenvalue weighted by atomic mass is 9.66. The number of hydrogen-bond acceptors (Lipinski definition) is 3. The van der Waals surface area contributed by atoms with E-state index in [1.807, 2.05) is 0 Å². The molecule has 6 aliphatic rings. The molecule has 4 heterocycles. The van der Waals surface area contributed by atoms with Crippen molar-refractivity contribution >= 4 is 5.90 Å². The molecular weight excluding hydrogens is 248 g/mol. The predicted molar refractivity (Wildman–Crippen MR) is 78.6 cm³/mol. The van der Waals surface area contributed by atoms with E-state index in [0.29, 0.717) is 6.10 Å². The predicted octanol–water partition coefficient (Wildman–Crippen LogP) is 2.97. The molecule has 6 rings (SSSR count). The van der Waals surface area contributed by atoms with Gasteiger partial charge in [-0.05, 0) is 50.0 Å². The maximum Gasteiger partial charge on any atom is 0.192 e. The highest BCUT2D eigenvalue weighted by molar-refractivity contribution is 5.83. The Balaban J connectivity index is 1.31. The van der Waals surface area contributed by atoms with Crippen LogP contribution >= 0.6 is 0 Å². The normalized spacial score (nSPS) is 45.6. The van der Waals surface area contributed by atoms with Crippen molar-refractivity contribution in [3.05, 3.63) is 11.3 Å². The van der Waals surface area contributed by atoms with Gasteiger partial charge in [-0.15, -0.1) is 0 Å². The quantitative estimate of drug-likeness (QED) is 0.733. The maximum absolute atomic E-state index is 6.46. The van der Waals surface area contributed by atoms with E-state index in [0.717, 1.165) is 30.1 Å². The minimum absolute atomic E-state index is 0.475. The summed E-state index contributed by atoms with van der Waals surface area (Å²) in [4.78, 5) is 7.50. The molecule has 4 aliphatic heterocycles. The van der Waals surface area contributed by atoms with E-state index in [-0.39, 0.29) is 0 Å². The van der Waals surface area contributed by atoms with Crippen molar-refractivity contribution < 1.29 is 4.74 Å². The SMILES string of the molecule is C1CCC2=C(C1)CC(OC1C3CC4C[C@@H]1CN(C4)C3)=N2. The second-order valence-corrected chi connectivity index (χ2v) is 7.60. The van der Waals surface area contributed by atoms with Crippen molar-refractivity contribution in [3.8, 4) is 0 Å². The zero-order chi connectivity index (χ0) is 13.1. The van der Waals surface area contributed by atoms with Crippen LogP contribution in [0.2, 0.25) is 0 Å². The van der Waals surface area contributed by atoms with Gasteiger partial charge in [0.2, 0.25) is 0 Å². The summed E-state index contributed by atoms with van der Waals surface area (Å²) in [7, 11) is 0. The molecule has 0 spiro atoms. The van der Waals surface area contributed by atoms with Crippen LogP contribution in [0.4, 0.5) is 0 Å². The third-order valence-electron chi connectivity index (χ3n) is 6.15. The topological polar surface area (TPSA) is 24.8 Å². The van der Waals surface area contributed by atoms with E-state index in [2.05, 4.69) is 4.90 Å². The maximum atomic E-state index is 6.46. The molecule has 20 heavy (non-hydrogen) atoms. The minimum atomic E-state index is 0.475. The molecule has 0 radical (unpaired) electrons. The standard InChI is InChI=1S/C17H24N2O/c1-2-4-15-12(3-1)7-16(18-15)20-17-13-5-11-6-14(17)10-19(8-11)9-13/h11,13-14,17H,1-10H2/t11?,13-,14?,17?/m1/s1. The first-order valence-corrected chi connectivity index (χ1v) is 8.52.